The van der Waals surface area contributed by atoms with Crippen LogP contribution in [0, 0.1) is 0 Å². The molecule has 1 heterocycles. The Morgan fingerprint density at radius 2 is 1.96 bits per heavy atom. The zero-order chi connectivity index (χ0) is 16.2. The van der Waals surface area contributed by atoms with Crippen LogP contribution in [0.3, 0.4) is 0 Å². The van der Waals surface area contributed by atoms with Crippen molar-refractivity contribution in [3.8, 4) is 5.75 Å². The number of carbonyl (C=O) groups is 1. The van der Waals surface area contributed by atoms with Crippen molar-refractivity contribution in [2.24, 2.45) is 0 Å². The SMILES string of the molecule is COc1ccc2cc([C@@H](C)C(=O)NCc3cccs3)ccc2c1. The average Bonchev–Trinajstić information content (AvgIpc) is 3.11. The number of ether oxygens (including phenoxy) is 1. The van der Waals surface area contributed by atoms with E-state index >= 15 is 0 Å². The number of benzene rings is 2. The molecule has 0 unspecified atom stereocenters. The van der Waals surface area contributed by atoms with Crippen molar-refractivity contribution >= 4 is 28.0 Å². The smallest absolute Gasteiger partial charge is 0.227 e. The molecular formula is C19H19NO2S. The van der Waals surface area contributed by atoms with Gasteiger partial charge in [-0.05, 0) is 46.8 Å². The summed E-state index contributed by atoms with van der Waals surface area (Å²) in [6, 6.07) is 16.1. The van der Waals surface area contributed by atoms with Crippen molar-refractivity contribution in [3.63, 3.8) is 0 Å². The van der Waals surface area contributed by atoms with Crippen molar-refractivity contribution in [3.05, 3.63) is 64.4 Å². The lowest BCUT2D eigenvalue weighted by Gasteiger charge is -2.13. The molecule has 4 heteroatoms. The molecule has 0 saturated carbocycles. The number of fused-ring (bicyclic) bond motifs is 1. The zero-order valence-corrected chi connectivity index (χ0v) is 14.0. The molecule has 0 radical (unpaired) electrons. The predicted octanol–water partition coefficient (Wildman–Crippen LogP) is 4.33. The van der Waals surface area contributed by atoms with Crippen LogP contribution in [0.5, 0.6) is 5.75 Å². The first-order valence-corrected chi connectivity index (χ1v) is 8.43. The highest BCUT2D eigenvalue weighted by molar-refractivity contribution is 7.09. The summed E-state index contributed by atoms with van der Waals surface area (Å²) in [5.41, 5.74) is 1.02. The topological polar surface area (TPSA) is 38.3 Å². The van der Waals surface area contributed by atoms with Gasteiger partial charge >= 0.3 is 0 Å². The molecule has 23 heavy (non-hydrogen) atoms. The predicted molar refractivity (Wildman–Crippen MR) is 95.1 cm³/mol. The van der Waals surface area contributed by atoms with E-state index in [0.29, 0.717) is 6.54 Å². The number of thiophene rings is 1. The Morgan fingerprint density at radius 1 is 1.17 bits per heavy atom. The number of hydrogen-bond donors (Lipinski definition) is 1. The van der Waals surface area contributed by atoms with E-state index in [1.807, 2.05) is 54.8 Å². The third kappa shape index (κ3) is 3.54. The molecule has 3 rings (SSSR count). The van der Waals surface area contributed by atoms with Crippen LogP contribution >= 0.6 is 11.3 Å². The average molecular weight is 325 g/mol. The van der Waals surface area contributed by atoms with Crippen LogP contribution in [0.25, 0.3) is 10.8 Å². The van der Waals surface area contributed by atoms with Crippen molar-refractivity contribution in [2.75, 3.05) is 7.11 Å². The van der Waals surface area contributed by atoms with Gasteiger partial charge in [0.25, 0.3) is 0 Å². The van der Waals surface area contributed by atoms with E-state index in [9.17, 15) is 4.79 Å². The van der Waals surface area contributed by atoms with E-state index in [1.54, 1.807) is 18.4 Å². The Bertz CT molecular complexity index is 811. The molecule has 1 atom stereocenters. The van der Waals surface area contributed by atoms with Crippen LogP contribution in [0.1, 0.15) is 23.3 Å². The number of methoxy groups -OCH3 is 1. The van der Waals surface area contributed by atoms with Crippen LogP contribution in [0.4, 0.5) is 0 Å². The Morgan fingerprint density at radius 3 is 2.70 bits per heavy atom. The summed E-state index contributed by atoms with van der Waals surface area (Å²) in [6.45, 7) is 2.53. The summed E-state index contributed by atoms with van der Waals surface area (Å²) in [5, 5.41) is 7.24. The Labute approximate surface area is 139 Å². The maximum absolute atomic E-state index is 12.3. The van der Waals surface area contributed by atoms with Crippen LogP contribution in [-0.4, -0.2) is 13.0 Å². The zero-order valence-electron chi connectivity index (χ0n) is 13.2. The van der Waals surface area contributed by atoms with Gasteiger partial charge in [0.2, 0.25) is 5.91 Å². The Hall–Kier alpha value is -2.33. The summed E-state index contributed by atoms with van der Waals surface area (Å²) in [4.78, 5) is 13.5. The molecule has 0 aliphatic heterocycles. The molecule has 1 aromatic heterocycles. The maximum atomic E-state index is 12.3. The largest absolute Gasteiger partial charge is 0.497 e. The fourth-order valence-electron chi connectivity index (χ4n) is 2.53. The number of nitrogens with one attached hydrogen (secondary N) is 1. The fraction of sp³-hybridized carbons (Fsp3) is 0.211. The Balaban J connectivity index is 1.74. The number of rotatable bonds is 5. The summed E-state index contributed by atoms with van der Waals surface area (Å²) in [5.74, 6) is 0.708. The quantitative estimate of drug-likeness (QED) is 0.758. The molecule has 3 nitrogen and oxygen atoms in total. The Kier molecular flexibility index (Phi) is 4.63. The third-order valence-electron chi connectivity index (χ3n) is 3.98. The highest BCUT2D eigenvalue weighted by atomic mass is 32.1. The van der Waals surface area contributed by atoms with Crippen LogP contribution in [0.15, 0.2) is 53.9 Å². The van der Waals surface area contributed by atoms with E-state index in [0.717, 1.165) is 27.0 Å². The molecule has 0 spiro atoms. The van der Waals surface area contributed by atoms with Crippen LogP contribution in [-0.2, 0) is 11.3 Å². The highest BCUT2D eigenvalue weighted by Gasteiger charge is 2.15. The summed E-state index contributed by atoms with van der Waals surface area (Å²) < 4.78 is 5.24. The molecule has 0 aliphatic rings. The molecule has 1 amide bonds. The number of amides is 1. The van der Waals surface area contributed by atoms with Crippen molar-refractivity contribution in [2.45, 2.75) is 19.4 Å². The number of carbonyl (C=O) groups excluding carboxylic acids is 1. The van der Waals surface area contributed by atoms with Gasteiger partial charge in [-0.1, -0.05) is 30.3 Å². The summed E-state index contributed by atoms with van der Waals surface area (Å²) in [7, 11) is 1.66. The molecular weight excluding hydrogens is 306 g/mol. The lowest BCUT2D eigenvalue weighted by Crippen LogP contribution is -2.27. The first kappa shape index (κ1) is 15.6. The van der Waals surface area contributed by atoms with Gasteiger partial charge in [-0.2, -0.15) is 0 Å². The fourth-order valence-corrected chi connectivity index (χ4v) is 3.18. The highest BCUT2D eigenvalue weighted by Crippen LogP contribution is 2.25. The molecule has 0 saturated heterocycles. The molecule has 3 aromatic rings. The van der Waals surface area contributed by atoms with Crippen LogP contribution < -0.4 is 10.1 Å². The van der Waals surface area contributed by atoms with E-state index in [1.165, 1.54) is 0 Å². The van der Waals surface area contributed by atoms with Gasteiger partial charge in [0.1, 0.15) is 5.75 Å². The summed E-state index contributed by atoms with van der Waals surface area (Å²) in [6.07, 6.45) is 0. The molecule has 0 fully saturated rings. The minimum absolute atomic E-state index is 0.0475. The first-order chi connectivity index (χ1) is 11.2. The van der Waals surface area contributed by atoms with Gasteiger partial charge in [0, 0.05) is 4.88 Å². The molecule has 1 N–H and O–H groups in total. The van der Waals surface area contributed by atoms with E-state index < -0.39 is 0 Å². The second-order valence-electron chi connectivity index (χ2n) is 5.49. The molecule has 0 aliphatic carbocycles. The maximum Gasteiger partial charge on any atom is 0.227 e. The second-order valence-corrected chi connectivity index (χ2v) is 6.52. The van der Waals surface area contributed by atoms with Gasteiger partial charge in [-0.3, -0.25) is 4.79 Å². The lowest BCUT2D eigenvalue weighted by molar-refractivity contribution is -0.122. The third-order valence-corrected chi connectivity index (χ3v) is 4.86. The molecule has 118 valence electrons. The van der Waals surface area contributed by atoms with Gasteiger partial charge in [0.05, 0.1) is 19.6 Å². The minimum Gasteiger partial charge on any atom is -0.497 e. The number of hydrogen-bond acceptors (Lipinski definition) is 3. The van der Waals surface area contributed by atoms with Crippen molar-refractivity contribution in [1.82, 2.24) is 5.32 Å². The van der Waals surface area contributed by atoms with Crippen molar-refractivity contribution < 1.29 is 9.53 Å². The lowest BCUT2D eigenvalue weighted by atomic mass is 9.97. The van der Waals surface area contributed by atoms with E-state index in [4.69, 9.17) is 4.74 Å². The first-order valence-electron chi connectivity index (χ1n) is 7.55. The van der Waals surface area contributed by atoms with Gasteiger partial charge in [-0.25, -0.2) is 0 Å². The standard InChI is InChI=1S/C19H19NO2S/c1-13(19(21)20-12-18-4-3-9-23-18)14-5-6-16-11-17(22-2)8-7-15(16)10-14/h3-11,13H,12H2,1-2H3,(H,20,21)/t13-/m1/s1. The minimum atomic E-state index is -0.179. The van der Waals surface area contributed by atoms with Gasteiger partial charge in [-0.15, -0.1) is 11.3 Å². The normalized spacial score (nSPS) is 12.1. The summed E-state index contributed by atoms with van der Waals surface area (Å²) >= 11 is 1.65. The molecule has 2 aromatic carbocycles. The second kappa shape index (κ2) is 6.84. The molecule has 0 bridgehead atoms. The van der Waals surface area contributed by atoms with Crippen LogP contribution in [0.2, 0.25) is 0 Å². The van der Waals surface area contributed by atoms with E-state index in [-0.39, 0.29) is 11.8 Å². The van der Waals surface area contributed by atoms with Gasteiger partial charge < -0.3 is 10.1 Å². The van der Waals surface area contributed by atoms with Gasteiger partial charge in [0.15, 0.2) is 0 Å². The van der Waals surface area contributed by atoms with Crippen molar-refractivity contribution in [1.29, 1.82) is 0 Å². The van der Waals surface area contributed by atoms with E-state index in [2.05, 4.69) is 11.4 Å². The monoisotopic (exact) mass is 325 g/mol.